The monoisotopic (exact) mass is 508 g/mol. The molecule has 0 bridgehead atoms. The molecule has 0 unspecified atom stereocenters. The van der Waals surface area contributed by atoms with Crippen LogP contribution in [0.3, 0.4) is 0 Å². The predicted octanol–water partition coefficient (Wildman–Crippen LogP) is 5.16. The van der Waals surface area contributed by atoms with Gasteiger partial charge in [0, 0.05) is 44.0 Å². The number of hydrogen-bond acceptors (Lipinski definition) is 6. The summed E-state index contributed by atoms with van der Waals surface area (Å²) in [6.45, 7) is 6.46. The molecule has 1 saturated heterocycles. The third-order valence-electron chi connectivity index (χ3n) is 6.31. The lowest BCUT2D eigenvalue weighted by Crippen LogP contribution is -2.49. The molecule has 1 heterocycles. The van der Waals surface area contributed by atoms with Crippen LogP contribution in [0, 0.1) is 21.4 Å². The Hall–Kier alpha value is -4.90. The number of nitro benzene ring substituents is 1. The van der Waals surface area contributed by atoms with Gasteiger partial charge in [-0.3, -0.25) is 14.9 Å². The number of non-ortho nitro benzene ring substituents is 1. The summed E-state index contributed by atoms with van der Waals surface area (Å²) in [4.78, 5) is 27.7. The van der Waals surface area contributed by atoms with Gasteiger partial charge in [-0.15, -0.1) is 6.58 Å². The van der Waals surface area contributed by atoms with Crippen LogP contribution in [0.4, 0.5) is 11.4 Å². The summed E-state index contributed by atoms with van der Waals surface area (Å²) >= 11 is 0. The minimum Gasteiger partial charge on any atom is -0.489 e. The van der Waals surface area contributed by atoms with Crippen LogP contribution in [-0.4, -0.2) is 41.9 Å². The van der Waals surface area contributed by atoms with Gasteiger partial charge in [-0.25, -0.2) is 0 Å². The van der Waals surface area contributed by atoms with Crippen molar-refractivity contribution >= 4 is 23.4 Å². The second-order valence-corrected chi connectivity index (χ2v) is 8.86. The highest BCUT2D eigenvalue weighted by Gasteiger charge is 2.24. The fourth-order valence-corrected chi connectivity index (χ4v) is 4.35. The fourth-order valence-electron chi connectivity index (χ4n) is 4.35. The molecule has 1 aliphatic rings. The van der Waals surface area contributed by atoms with Crippen LogP contribution in [0.1, 0.15) is 16.7 Å². The van der Waals surface area contributed by atoms with Crippen LogP contribution in [0.5, 0.6) is 5.75 Å². The molecule has 0 spiro atoms. The van der Waals surface area contributed by atoms with Gasteiger partial charge in [0.2, 0.25) is 0 Å². The number of amides is 1. The number of nitrogens with zero attached hydrogens (tertiary/aromatic N) is 4. The number of carbonyl (C=O) groups excluding carboxylic acids is 1. The van der Waals surface area contributed by atoms with Crippen LogP contribution in [0.2, 0.25) is 0 Å². The molecular formula is C30H28N4O4. The van der Waals surface area contributed by atoms with E-state index < -0.39 is 4.92 Å². The van der Waals surface area contributed by atoms with E-state index in [0.717, 1.165) is 11.3 Å². The topological polar surface area (TPSA) is 99.7 Å². The number of allylic oxidation sites excluding steroid dienone is 1. The zero-order valence-electron chi connectivity index (χ0n) is 21.0. The maximum atomic E-state index is 13.1. The summed E-state index contributed by atoms with van der Waals surface area (Å²) < 4.78 is 5.95. The van der Waals surface area contributed by atoms with E-state index in [-0.39, 0.29) is 23.8 Å². The quantitative estimate of drug-likeness (QED) is 0.130. The predicted molar refractivity (Wildman–Crippen MR) is 147 cm³/mol. The third kappa shape index (κ3) is 6.45. The first-order valence-corrected chi connectivity index (χ1v) is 12.3. The number of anilines is 1. The highest BCUT2D eigenvalue weighted by molar-refractivity contribution is 6.01. The summed E-state index contributed by atoms with van der Waals surface area (Å²) in [5.74, 6) is 0.326. The molecule has 0 saturated carbocycles. The standard InChI is InChI=1S/C30H28N4O4/c1-2-7-25-18-23(12-13-29(25)38-22-24-8-6-11-28(20-24)34(36)37)19-26(21-31)30(35)33-16-14-32(15-17-33)27-9-4-3-5-10-27/h2-6,8-13,18-20H,1,7,14-17,22H2/b26-19-. The lowest BCUT2D eigenvalue weighted by molar-refractivity contribution is -0.384. The zero-order chi connectivity index (χ0) is 26.9. The van der Waals surface area contributed by atoms with Crippen LogP contribution in [-0.2, 0) is 17.8 Å². The number of nitriles is 1. The molecule has 8 nitrogen and oxygen atoms in total. The number of carbonyl (C=O) groups is 1. The SMILES string of the molecule is C=CCc1cc(/C=C(/C#N)C(=O)N2CCN(c3ccccc3)CC2)ccc1OCc1cccc([N+](=O)[O-])c1. The van der Waals surface area contributed by atoms with Crippen LogP contribution >= 0.6 is 0 Å². The van der Waals surface area contributed by atoms with Crippen molar-refractivity contribution in [3.63, 3.8) is 0 Å². The molecule has 1 fully saturated rings. The van der Waals surface area contributed by atoms with Crippen LogP contribution in [0.15, 0.2) is 91.0 Å². The maximum absolute atomic E-state index is 13.1. The Morgan fingerprint density at radius 1 is 1.05 bits per heavy atom. The first-order chi connectivity index (χ1) is 18.5. The Morgan fingerprint density at radius 2 is 1.82 bits per heavy atom. The van der Waals surface area contributed by atoms with E-state index in [2.05, 4.69) is 29.7 Å². The van der Waals surface area contributed by atoms with Crippen molar-refractivity contribution < 1.29 is 14.5 Å². The van der Waals surface area contributed by atoms with Crippen molar-refractivity contribution in [1.82, 2.24) is 4.90 Å². The van der Waals surface area contributed by atoms with E-state index in [9.17, 15) is 20.2 Å². The fraction of sp³-hybridized carbons (Fsp3) is 0.200. The molecule has 4 rings (SSSR count). The smallest absolute Gasteiger partial charge is 0.269 e. The Kier molecular flexibility index (Phi) is 8.52. The number of benzene rings is 3. The van der Waals surface area contributed by atoms with E-state index in [1.54, 1.807) is 41.3 Å². The minimum atomic E-state index is -0.439. The average Bonchev–Trinajstić information content (AvgIpc) is 2.96. The number of ether oxygens (including phenoxy) is 1. The average molecular weight is 509 g/mol. The summed E-state index contributed by atoms with van der Waals surface area (Å²) in [6, 6.07) is 23.9. The van der Waals surface area contributed by atoms with Gasteiger partial charge >= 0.3 is 0 Å². The van der Waals surface area contributed by atoms with Gasteiger partial charge in [0.1, 0.15) is 24.0 Å². The van der Waals surface area contributed by atoms with Crippen LogP contribution in [0.25, 0.3) is 6.08 Å². The number of hydrogen-bond donors (Lipinski definition) is 0. The molecule has 3 aromatic carbocycles. The van der Waals surface area contributed by atoms with E-state index in [1.807, 2.05) is 24.3 Å². The number of nitro groups is 1. The molecule has 1 aliphatic heterocycles. The van der Waals surface area contributed by atoms with Gasteiger partial charge in [-0.2, -0.15) is 5.26 Å². The molecule has 192 valence electrons. The van der Waals surface area contributed by atoms with E-state index in [0.29, 0.717) is 49.5 Å². The van der Waals surface area contributed by atoms with E-state index >= 15 is 0 Å². The van der Waals surface area contributed by atoms with Gasteiger partial charge in [0.25, 0.3) is 11.6 Å². The molecular weight excluding hydrogens is 480 g/mol. The molecule has 38 heavy (non-hydrogen) atoms. The first kappa shape index (κ1) is 26.2. The molecule has 8 heteroatoms. The van der Waals surface area contributed by atoms with Crippen molar-refractivity contribution in [1.29, 1.82) is 5.26 Å². The minimum absolute atomic E-state index is 0.00748. The second kappa shape index (κ2) is 12.4. The Bertz CT molecular complexity index is 1390. The molecule has 0 atom stereocenters. The van der Waals surface area contributed by atoms with Crippen LogP contribution < -0.4 is 9.64 Å². The maximum Gasteiger partial charge on any atom is 0.269 e. The zero-order valence-corrected chi connectivity index (χ0v) is 21.0. The van der Waals surface area contributed by atoms with Crippen molar-refractivity contribution in [3.8, 4) is 11.8 Å². The summed E-state index contributed by atoms with van der Waals surface area (Å²) in [5.41, 5.74) is 3.43. The van der Waals surface area contributed by atoms with Gasteiger partial charge in [-0.1, -0.05) is 42.5 Å². The summed E-state index contributed by atoms with van der Waals surface area (Å²) in [5, 5.41) is 20.8. The molecule has 0 radical (unpaired) electrons. The van der Waals surface area contributed by atoms with Crippen molar-refractivity contribution in [2.24, 2.45) is 0 Å². The van der Waals surface area contributed by atoms with Gasteiger partial charge in [0.15, 0.2) is 0 Å². The highest BCUT2D eigenvalue weighted by Crippen LogP contribution is 2.25. The second-order valence-electron chi connectivity index (χ2n) is 8.86. The first-order valence-electron chi connectivity index (χ1n) is 12.3. The van der Waals surface area contributed by atoms with Crippen molar-refractivity contribution in [2.45, 2.75) is 13.0 Å². The lowest BCUT2D eigenvalue weighted by atomic mass is 10.0. The molecule has 0 N–H and O–H groups in total. The van der Waals surface area contributed by atoms with Crippen molar-refractivity contribution in [3.05, 3.63) is 118 Å². The third-order valence-corrected chi connectivity index (χ3v) is 6.31. The number of para-hydroxylation sites is 1. The summed E-state index contributed by atoms with van der Waals surface area (Å²) in [7, 11) is 0. The Labute approximate surface area is 221 Å². The van der Waals surface area contributed by atoms with Gasteiger partial charge in [0.05, 0.1) is 4.92 Å². The Morgan fingerprint density at radius 3 is 2.50 bits per heavy atom. The van der Waals surface area contributed by atoms with Gasteiger partial charge < -0.3 is 14.5 Å². The van der Waals surface area contributed by atoms with Gasteiger partial charge in [-0.05, 0) is 53.5 Å². The Balaban J connectivity index is 1.45. The van der Waals surface area contributed by atoms with Crippen molar-refractivity contribution in [2.75, 3.05) is 31.1 Å². The molecule has 3 aromatic rings. The molecule has 0 aromatic heterocycles. The number of rotatable bonds is 9. The highest BCUT2D eigenvalue weighted by atomic mass is 16.6. The van der Waals surface area contributed by atoms with E-state index in [1.165, 1.54) is 12.1 Å². The summed E-state index contributed by atoms with van der Waals surface area (Å²) in [6.07, 6.45) is 3.86. The van der Waals surface area contributed by atoms with E-state index in [4.69, 9.17) is 4.74 Å². The normalized spacial score (nSPS) is 13.5. The lowest BCUT2D eigenvalue weighted by Gasteiger charge is -2.36. The largest absolute Gasteiger partial charge is 0.489 e. The number of piperazine rings is 1. The molecule has 1 amide bonds. The molecule has 0 aliphatic carbocycles.